The Kier molecular flexibility index (Phi) is 94.3. The van der Waals surface area contributed by atoms with Crippen LogP contribution in [-0.2, 0) is 23.7 Å². The third-order valence-corrected chi connectivity index (χ3v) is 0. The van der Waals surface area contributed by atoms with E-state index in [9.17, 15) is 0 Å². The first-order valence-corrected chi connectivity index (χ1v) is 0.842. The van der Waals surface area contributed by atoms with Gasteiger partial charge in [0.2, 0.25) is 0 Å². The second-order valence-corrected chi connectivity index (χ2v) is 0. The number of rotatable bonds is 0. The zero-order valence-electron chi connectivity index (χ0n) is 1.41. The molecule has 0 aromatic carbocycles. The van der Waals surface area contributed by atoms with Gasteiger partial charge in [0.25, 0.3) is 0 Å². The van der Waals surface area contributed by atoms with Gasteiger partial charge in [-0.25, -0.2) is 0 Å². The van der Waals surface area contributed by atoms with Crippen molar-refractivity contribution < 1.29 is 29.2 Å². The van der Waals surface area contributed by atoms with Crippen molar-refractivity contribution in [1.29, 1.82) is 0 Å². The van der Waals surface area contributed by atoms with Gasteiger partial charge in [0.15, 0.2) is 0 Å². The second kappa shape index (κ2) is 22.0. The van der Waals surface area contributed by atoms with E-state index in [4.69, 9.17) is 3.32 Å². The van der Waals surface area contributed by atoms with Crippen molar-refractivity contribution in [3.05, 3.63) is 0 Å². The van der Waals surface area contributed by atoms with Gasteiger partial charge in [-0.3, -0.25) is 0 Å². The molecular formula is H4CaO2Ti. The molecular weight excluding hydrogens is 120 g/mol. The van der Waals surface area contributed by atoms with Crippen LogP contribution in [0.3, 0.4) is 0 Å². The number of hydrogen-bond acceptors (Lipinski definition) is 1. The van der Waals surface area contributed by atoms with Crippen LogP contribution < -0.4 is 0 Å². The van der Waals surface area contributed by atoms with E-state index in [2.05, 4.69) is 0 Å². The van der Waals surface area contributed by atoms with Gasteiger partial charge in [-0.15, -0.1) is 0 Å². The van der Waals surface area contributed by atoms with Gasteiger partial charge in [-0.2, -0.15) is 0 Å². The zero-order chi connectivity index (χ0) is 2.00. The standard InChI is InChI=1S/Ca.H2O.O.Ti.2H/h;1H2;;;;. The molecule has 2 N–H and O–H groups in total. The summed E-state index contributed by atoms with van der Waals surface area (Å²) < 4.78 is 8.25. The van der Waals surface area contributed by atoms with Gasteiger partial charge in [-0.1, -0.05) is 0 Å². The third-order valence-electron chi connectivity index (χ3n) is 0. The van der Waals surface area contributed by atoms with E-state index in [1.165, 1.54) is 0 Å². The monoisotopic (exact) mass is 124 g/mol. The molecule has 0 radical (unpaired) electrons. The van der Waals surface area contributed by atoms with Crippen LogP contribution in [0.15, 0.2) is 0 Å². The summed E-state index contributed by atoms with van der Waals surface area (Å²) in [7, 11) is 0. The Hall–Kier alpha value is 1.73. The molecule has 0 amide bonds. The van der Waals surface area contributed by atoms with Crippen LogP contribution in [-0.4, -0.2) is 43.2 Å². The topological polar surface area (TPSA) is 48.6 Å². The zero-order valence-corrected chi connectivity index (χ0v) is 2.97. The van der Waals surface area contributed by atoms with Crippen LogP contribution in [0.4, 0.5) is 0 Å². The molecule has 0 rings (SSSR count). The molecule has 4 heteroatoms. The van der Waals surface area contributed by atoms with Crippen molar-refractivity contribution >= 4 is 37.7 Å². The minimum atomic E-state index is 0. The Balaban J connectivity index is -0.00000000500. The second-order valence-electron chi connectivity index (χ2n) is 0. The summed E-state index contributed by atoms with van der Waals surface area (Å²) in [5, 5.41) is 0. The van der Waals surface area contributed by atoms with Crippen LogP contribution in [0.5, 0.6) is 0 Å². The van der Waals surface area contributed by atoms with E-state index >= 15 is 0 Å². The van der Waals surface area contributed by atoms with Crippen molar-refractivity contribution in [2.75, 3.05) is 0 Å². The van der Waals surface area contributed by atoms with Gasteiger partial charge in [0.1, 0.15) is 0 Å². The fourth-order valence-corrected chi connectivity index (χ4v) is 0. The average Bonchev–Trinajstić information content (AvgIpc) is 1.00. The van der Waals surface area contributed by atoms with Crippen molar-refractivity contribution in [1.82, 2.24) is 0 Å². The average molecular weight is 124 g/mol. The van der Waals surface area contributed by atoms with E-state index < -0.39 is 0 Å². The molecule has 0 aliphatic rings. The predicted octanol–water partition coefficient (Wildman–Crippen LogP) is -1.86. The van der Waals surface area contributed by atoms with Crippen LogP contribution in [0.2, 0.25) is 0 Å². The fourth-order valence-electron chi connectivity index (χ4n) is 0. The molecule has 0 atom stereocenters. The van der Waals surface area contributed by atoms with Crippen LogP contribution in [0, 0.1) is 0 Å². The summed E-state index contributed by atoms with van der Waals surface area (Å²) >= 11 is 0.750. The molecule has 22 valence electrons. The molecule has 0 saturated heterocycles. The molecule has 0 bridgehead atoms. The predicted molar refractivity (Wildman–Crippen MR) is 12.8 cm³/mol. The number of hydrogen-bond donors (Lipinski definition) is 0. The first kappa shape index (κ1) is 17.2. The van der Waals surface area contributed by atoms with E-state index in [0.717, 1.165) is 20.4 Å². The van der Waals surface area contributed by atoms with Crippen molar-refractivity contribution in [2.24, 2.45) is 0 Å². The third kappa shape index (κ3) is 9.28. The summed E-state index contributed by atoms with van der Waals surface area (Å²) in [5.74, 6) is 0. The van der Waals surface area contributed by atoms with Gasteiger partial charge in [-0.05, 0) is 0 Å². The van der Waals surface area contributed by atoms with Crippen LogP contribution in [0.25, 0.3) is 0 Å². The quantitative estimate of drug-likeness (QED) is 0.349. The summed E-state index contributed by atoms with van der Waals surface area (Å²) in [6.45, 7) is 0. The van der Waals surface area contributed by atoms with Gasteiger partial charge in [0, 0.05) is 0 Å². The first-order chi connectivity index (χ1) is 1.00. The summed E-state index contributed by atoms with van der Waals surface area (Å²) in [6, 6.07) is 0. The van der Waals surface area contributed by atoms with E-state index in [0.29, 0.717) is 0 Å². The molecule has 0 aliphatic carbocycles. The SMILES string of the molecule is O.[CaH2].[O]=[Ti]. The van der Waals surface area contributed by atoms with E-state index in [1.807, 2.05) is 0 Å². The molecule has 0 spiro atoms. The maximum absolute atomic E-state index is 8.25. The van der Waals surface area contributed by atoms with E-state index in [1.54, 1.807) is 0 Å². The van der Waals surface area contributed by atoms with Gasteiger partial charge in [0.05, 0.1) is 0 Å². The molecule has 0 aromatic heterocycles. The maximum atomic E-state index is 8.25. The van der Waals surface area contributed by atoms with Crippen molar-refractivity contribution in [2.45, 2.75) is 0 Å². The summed E-state index contributed by atoms with van der Waals surface area (Å²) in [5.41, 5.74) is 0. The summed E-state index contributed by atoms with van der Waals surface area (Å²) in [4.78, 5) is 0. The Morgan fingerprint density at radius 3 is 1.25 bits per heavy atom. The molecule has 2 nitrogen and oxygen atoms in total. The minimum absolute atomic E-state index is 0. The van der Waals surface area contributed by atoms with Gasteiger partial charge < -0.3 is 5.48 Å². The Morgan fingerprint density at radius 2 is 1.25 bits per heavy atom. The molecule has 0 unspecified atom stereocenters. The Morgan fingerprint density at radius 1 is 1.25 bits per heavy atom. The van der Waals surface area contributed by atoms with Gasteiger partial charge >= 0.3 is 61.5 Å². The van der Waals surface area contributed by atoms with Crippen LogP contribution >= 0.6 is 0 Å². The fraction of sp³-hybridized carbons (Fsp3) is 0. The molecule has 4 heavy (non-hydrogen) atoms. The molecule has 0 fully saturated rings. The Bertz CT molecular complexity index is 6.00. The molecule has 0 aliphatic heterocycles. The first-order valence-electron chi connectivity index (χ1n) is 0.204. The van der Waals surface area contributed by atoms with E-state index in [-0.39, 0.29) is 43.2 Å². The molecule has 0 heterocycles. The van der Waals surface area contributed by atoms with Crippen molar-refractivity contribution in [3.63, 3.8) is 0 Å². The van der Waals surface area contributed by atoms with Crippen molar-refractivity contribution in [3.8, 4) is 0 Å². The van der Waals surface area contributed by atoms with Crippen LogP contribution in [0.1, 0.15) is 0 Å². The summed E-state index contributed by atoms with van der Waals surface area (Å²) in [6.07, 6.45) is 0. The normalized spacial score (nSPS) is 0.750. The molecule has 0 aromatic rings. The Labute approximate surface area is 66.0 Å². The molecule has 0 saturated carbocycles.